The van der Waals surface area contributed by atoms with E-state index >= 15 is 0 Å². The summed E-state index contributed by atoms with van der Waals surface area (Å²) in [4.78, 5) is 13.7. The zero-order chi connectivity index (χ0) is 14.5. The molecule has 0 aromatic heterocycles. The molecule has 4 heteroatoms. The molecule has 110 valence electrons. The number of benzene rings is 1. The fraction of sp³-hybridized carbons (Fsp3) is 0.562. The molecule has 1 amide bonds. The van der Waals surface area contributed by atoms with Crippen LogP contribution in [0.4, 0.5) is 0 Å². The number of carbonyl (C=O) groups is 1. The van der Waals surface area contributed by atoms with E-state index in [1.807, 2.05) is 38.2 Å². The van der Waals surface area contributed by atoms with Crippen LogP contribution in [-0.2, 0) is 4.79 Å². The summed E-state index contributed by atoms with van der Waals surface area (Å²) in [6, 6.07) is 7.81. The van der Waals surface area contributed by atoms with Crippen molar-refractivity contribution in [2.24, 2.45) is 5.92 Å². The largest absolute Gasteiger partial charge is 0.493 e. The SMILES string of the molecule is Cc1ccc(OCCC(=O)N(C)CC2CC(O)C2)cc1. The number of aliphatic hydroxyl groups is 1. The third-order valence-corrected chi connectivity index (χ3v) is 3.77. The first-order valence-electron chi connectivity index (χ1n) is 7.16. The van der Waals surface area contributed by atoms with Gasteiger partial charge in [0, 0.05) is 13.6 Å². The van der Waals surface area contributed by atoms with Crippen LogP contribution in [-0.4, -0.2) is 42.2 Å². The van der Waals surface area contributed by atoms with Crippen molar-refractivity contribution in [1.29, 1.82) is 0 Å². The molecule has 0 unspecified atom stereocenters. The molecule has 1 saturated carbocycles. The van der Waals surface area contributed by atoms with E-state index in [4.69, 9.17) is 4.74 Å². The first-order chi connectivity index (χ1) is 9.54. The van der Waals surface area contributed by atoms with Gasteiger partial charge in [-0.1, -0.05) is 17.7 Å². The van der Waals surface area contributed by atoms with E-state index in [0.29, 0.717) is 18.9 Å². The monoisotopic (exact) mass is 277 g/mol. The van der Waals surface area contributed by atoms with Gasteiger partial charge in [-0.2, -0.15) is 0 Å². The average Bonchev–Trinajstić information content (AvgIpc) is 2.39. The molecule has 2 rings (SSSR count). The normalized spacial score (nSPS) is 21.1. The zero-order valence-corrected chi connectivity index (χ0v) is 12.2. The highest BCUT2D eigenvalue weighted by atomic mass is 16.5. The number of rotatable bonds is 6. The highest BCUT2D eigenvalue weighted by molar-refractivity contribution is 5.76. The zero-order valence-electron chi connectivity index (χ0n) is 12.2. The highest BCUT2D eigenvalue weighted by Crippen LogP contribution is 2.27. The Bertz CT molecular complexity index is 438. The van der Waals surface area contributed by atoms with E-state index in [-0.39, 0.29) is 12.0 Å². The van der Waals surface area contributed by atoms with Crippen LogP contribution in [0.25, 0.3) is 0 Å². The second-order valence-electron chi connectivity index (χ2n) is 5.68. The van der Waals surface area contributed by atoms with Crippen molar-refractivity contribution < 1.29 is 14.6 Å². The summed E-state index contributed by atoms with van der Waals surface area (Å²) in [5.41, 5.74) is 1.19. The van der Waals surface area contributed by atoms with E-state index in [0.717, 1.165) is 25.1 Å². The van der Waals surface area contributed by atoms with Gasteiger partial charge in [-0.05, 0) is 37.8 Å². The molecule has 1 aromatic carbocycles. The van der Waals surface area contributed by atoms with Gasteiger partial charge in [0.05, 0.1) is 19.1 Å². The fourth-order valence-corrected chi connectivity index (χ4v) is 2.42. The Morgan fingerprint density at radius 1 is 1.35 bits per heavy atom. The maximum absolute atomic E-state index is 11.9. The molecule has 0 spiro atoms. The lowest BCUT2D eigenvalue weighted by Gasteiger charge is -2.34. The number of amides is 1. The van der Waals surface area contributed by atoms with Gasteiger partial charge in [-0.3, -0.25) is 4.79 Å². The molecule has 1 fully saturated rings. The first-order valence-corrected chi connectivity index (χ1v) is 7.16. The van der Waals surface area contributed by atoms with Crippen LogP contribution in [0, 0.1) is 12.8 Å². The van der Waals surface area contributed by atoms with Gasteiger partial charge in [0.1, 0.15) is 5.75 Å². The Morgan fingerprint density at radius 2 is 2.00 bits per heavy atom. The molecule has 0 heterocycles. The van der Waals surface area contributed by atoms with Gasteiger partial charge in [0.15, 0.2) is 0 Å². The molecule has 0 saturated heterocycles. The van der Waals surface area contributed by atoms with Crippen molar-refractivity contribution >= 4 is 5.91 Å². The Labute approximate surface area is 120 Å². The molecule has 1 aliphatic carbocycles. The Morgan fingerprint density at radius 3 is 2.60 bits per heavy atom. The van der Waals surface area contributed by atoms with Gasteiger partial charge in [-0.25, -0.2) is 0 Å². The molecular weight excluding hydrogens is 254 g/mol. The maximum Gasteiger partial charge on any atom is 0.225 e. The number of aliphatic hydroxyl groups excluding tert-OH is 1. The van der Waals surface area contributed by atoms with Crippen molar-refractivity contribution in [3.63, 3.8) is 0 Å². The summed E-state index contributed by atoms with van der Waals surface area (Å²) in [6.45, 7) is 3.17. The van der Waals surface area contributed by atoms with Crippen molar-refractivity contribution in [3.8, 4) is 5.75 Å². The van der Waals surface area contributed by atoms with Crippen LogP contribution in [0.1, 0.15) is 24.8 Å². The van der Waals surface area contributed by atoms with Gasteiger partial charge in [-0.15, -0.1) is 0 Å². The van der Waals surface area contributed by atoms with Crippen LogP contribution in [0.2, 0.25) is 0 Å². The van der Waals surface area contributed by atoms with Gasteiger partial charge >= 0.3 is 0 Å². The molecule has 1 aliphatic rings. The van der Waals surface area contributed by atoms with Crippen molar-refractivity contribution in [2.45, 2.75) is 32.3 Å². The van der Waals surface area contributed by atoms with Crippen LogP contribution in [0.15, 0.2) is 24.3 Å². The lowest BCUT2D eigenvalue weighted by molar-refractivity contribution is -0.132. The molecule has 1 N–H and O–H groups in total. The lowest BCUT2D eigenvalue weighted by atomic mass is 9.82. The van der Waals surface area contributed by atoms with Crippen LogP contribution < -0.4 is 4.74 Å². The predicted octanol–water partition coefficient (Wildman–Crippen LogP) is 1.99. The van der Waals surface area contributed by atoms with Crippen molar-refractivity contribution in [3.05, 3.63) is 29.8 Å². The molecular formula is C16H23NO3. The molecule has 20 heavy (non-hydrogen) atoms. The quantitative estimate of drug-likeness (QED) is 0.865. The lowest BCUT2D eigenvalue weighted by Crippen LogP contribution is -2.39. The van der Waals surface area contributed by atoms with E-state index < -0.39 is 0 Å². The number of aryl methyl sites for hydroxylation is 1. The summed E-state index contributed by atoms with van der Waals surface area (Å²) in [5, 5.41) is 9.23. The third-order valence-electron chi connectivity index (χ3n) is 3.77. The number of hydrogen-bond acceptors (Lipinski definition) is 3. The topological polar surface area (TPSA) is 49.8 Å². The Balaban J connectivity index is 1.65. The van der Waals surface area contributed by atoms with E-state index in [1.54, 1.807) is 4.90 Å². The van der Waals surface area contributed by atoms with Crippen molar-refractivity contribution in [2.75, 3.05) is 20.2 Å². The van der Waals surface area contributed by atoms with E-state index in [9.17, 15) is 9.90 Å². The van der Waals surface area contributed by atoms with Crippen molar-refractivity contribution in [1.82, 2.24) is 4.90 Å². The van der Waals surface area contributed by atoms with Crippen LogP contribution >= 0.6 is 0 Å². The third kappa shape index (κ3) is 4.23. The molecule has 0 radical (unpaired) electrons. The molecule has 0 atom stereocenters. The second-order valence-corrected chi connectivity index (χ2v) is 5.68. The van der Waals surface area contributed by atoms with Gasteiger partial charge in [0.25, 0.3) is 0 Å². The smallest absolute Gasteiger partial charge is 0.225 e. The fourth-order valence-electron chi connectivity index (χ4n) is 2.42. The summed E-state index contributed by atoms with van der Waals surface area (Å²) in [5.74, 6) is 1.35. The molecule has 1 aromatic rings. The summed E-state index contributed by atoms with van der Waals surface area (Å²) >= 11 is 0. The Hall–Kier alpha value is -1.55. The minimum absolute atomic E-state index is 0.0958. The van der Waals surface area contributed by atoms with Crippen LogP contribution in [0.3, 0.4) is 0 Å². The maximum atomic E-state index is 11.9. The first kappa shape index (κ1) is 14.9. The van der Waals surface area contributed by atoms with Crippen LogP contribution in [0.5, 0.6) is 5.75 Å². The summed E-state index contributed by atoms with van der Waals surface area (Å²) < 4.78 is 5.56. The molecule has 4 nitrogen and oxygen atoms in total. The standard InChI is InChI=1S/C16H23NO3/c1-12-3-5-15(6-4-12)20-8-7-16(19)17(2)11-13-9-14(18)10-13/h3-6,13-14,18H,7-11H2,1-2H3. The van der Waals surface area contributed by atoms with Gasteiger partial charge < -0.3 is 14.7 Å². The summed E-state index contributed by atoms with van der Waals surface area (Å²) in [6.07, 6.45) is 1.86. The molecule has 0 bridgehead atoms. The minimum Gasteiger partial charge on any atom is -0.493 e. The number of nitrogens with zero attached hydrogens (tertiary/aromatic N) is 1. The van der Waals surface area contributed by atoms with E-state index in [2.05, 4.69) is 0 Å². The highest BCUT2D eigenvalue weighted by Gasteiger charge is 2.28. The number of hydrogen-bond donors (Lipinski definition) is 1. The second kappa shape index (κ2) is 6.75. The molecule has 0 aliphatic heterocycles. The van der Waals surface area contributed by atoms with E-state index in [1.165, 1.54) is 5.56 Å². The Kier molecular flexibility index (Phi) is 5.01. The minimum atomic E-state index is -0.159. The number of carbonyl (C=O) groups excluding carboxylic acids is 1. The average molecular weight is 277 g/mol. The van der Waals surface area contributed by atoms with Gasteiger partial charge in [0.2, 0.25) is 5.91 Å². The summed E-state index contributed by atoms with van der Waals surface area (Å²) in [7, 11) is 1.82. The number of ether oxygens (including phenoxy) is 1. The predicted molar refractivity (Wildman–Crippen MR) is 77.7 cm³/mol.